The topological polar surface area (TPSA) is 76.8 Å². The third-order valence-electron chi connectivity index (χ3n) is 6.32. The smallest absolute Gasteiger partial charge is 0.265 e. The highest BCUT2D eigenvalue weighted by atomic mass is 79.9. The van der Waals surface area contributed by atoms with E-state index in [9.17, 15) is 9.59 Å². The normalized spacial score (nSPS) is 18.3. The van der Waals surface area contributed by atoms with Crippen LogP contribution in [0.4, 0.5) is 0 Å². The molecule has 4 heterocycles. The van der Waals surface area contributed by atoms with Gasteiger partial charge >= 0.3 is 0 Å². The number of likely N-dealkylation sites (tertiary alicyclic amines) is 1. The molecule has 1 atom stereocenters. The van der Waals surface area contributed by atoms with Crippen molar-refractivity contribution in [3.8, 4) is 0 Å². The van der Waals surface area contributed by atoms with Crippen molar-refractivity contribution in [3.05, 3.63) is 82.0 Å². The molecule has 2 aliphatic rings. The van der Waals surface area contributed by atoms with E-state index in [1.807, 2.05) is 5.38 Å². The first kappa shape index (κ1) is 25.7. The van der Waals surface area contributed by atoms with Gasteiger partial charge in [0, 0.05) is 52.6 Å². The van der Waals surface area contributed by atoms with Crippen molar-refractivity contribution in [2.75, 3.05) is 13.1 Å². The third-order valence-corrected chi connectivity index (χ3v) is 8.76. The highest BCUT2D eigenvalue weighted by Crippen LogP contribution is 2.39. The zero-order valence-electron chi connectivity index (χ0n) is 18.8. The Morgan fingerprint density at radius 3 is 2.64 bits per heavy atom. The first-order chi connectivity index (χ1) is 17.3. The van der Waals surface area contributed by atoms with Crippen molar-refractivity contribution in [3.63, 3.8) is 0 Å². The summed E-state index contributed by atoms with van der Waals surface area (Å²) in [6.07, 6.45) is 3.28. The predicted molar refractivity (Wildman–Crippen MR) is 146 cm³/mol. The number of benzene rings is 1. The summed E-state index contributed by atoms with van der Waals surface area (Å²) in [4.78, 5) is 37.3. The lowest BCUT2D eigenvalue weighted by molar-refractivity contribution is -0.132. The number of carbonyl (C=O) groups is 1. The number of pyridine rings is 1. The second kappa shape index (κ2) is 10.8. The third kappa shape index (κ3) is 5.36. The van der Waals surface area contributed by atoms with E-state index < -0.39 is 0 Å². The van der Waals surface area contributed by atoms with Gasteiger partial charge in [-0.15, -0.1) is 11.3 Å². The van der Waals surface area contributed by atoms with Gasteiger partial charge in [0.05, 0.1) is 20.2 Å². The molecule has 0 spiro atoms. The molecule has 188 valence electrons. The molecule has 0 radical (unpaired) electrons. The Morgan fingerprint density at radius 1 is 1.19 bits per heavy atom. The summed E-state index contributed by atoms with van der Waals surface area (Å²) in [5.41, 5.74) is 2.02. The van der Waals surface area contributed by atoms with Crippen LogP contribution in [0.2, 0.25) is 15.1 Å². The highest BCUT2D eigenvalue weighted by Gasteiger charge is 2.30. The van der Waals surface area contributed by atoms with Crippen molar-refractivity contribution in [1.29, 1.82) is 0 Å². The maximum atomic E-state index is 12.8. The summed E-state index contributed by atoms with van der Waals surface area (Å²) in [5.74, 6) is 0.152. The zero-order valence-corrected chi connectivity index (χ0v) is 23.5. The minimum absolute atomic E-state index is 0.0412. The molecule has 0 saturated carbocycles. The molecule has 1 aromatic carbocycles. The van der Waals surface area contributed by atoms with Crippen molar-refractivity contribution >= 4 is 73.7 Å². The molecule has 1 unspecified atom stereocenters. The van der Waals surface area contributed by atoms with E-state index in [4.69, 9.17) is 44.6 Å². The van der Waals surface area contributed by atoms with Gasteiger partial charge in [-0.25, -0.2) is 4.98 Å². The molecule has 0 aliphatic carbocycles. The lowest BCUT2D eigenvalue weighted by atomic mass is 9.97. The molecule has 3 aromatic rings. The molecule has 1 amide bonds. The fraction of sp³-hybridized carbons (Fsp3) is 0.333. The Labute approximate surface area is 234 Å². The van der Waals surface area contributed by atoms with Crippen LogP contribution in [0.1, 0.15) is 47.5 Å². The molecule has 5 rings (SSSR count). The van der Waals surface area contributed by atoms with E-state index in [-0.39, 0.29) is 30.0 Å². The molecule has 7 nitrogen and oxygen atoms in total. The van der Waals surface area contributed by atoms with Crippen molar-refractivity contribution in [1.82, 2.24) is 14.5 Å². The molecular weight excluding hydrogens is 611 g/mol. The zero-order chi connectivity index (χ0) is 25.4. The Bertz CT molecular complexity index is 1380. The van der Waals surface area contributed by atoms with E-state index in [2.05, 4.69) is 21.1 Å². The fourth-order valence-corrected chi connectivity index (χ4v) is 6.89. The Hall–Kier alpha value is -1.91. The maximum absolute atomic E-state index is 12.8. The second-order valence-electron chi connectivity index (χ2n) is 8.64. The summed E-state index contributed by atoms with van der Waals surface area (Å²) in [6.45, 7) is 1.17. The number of thiazole rings is 1. The first-order valence-corrected chi connectivity index (χ1v) is 14.1. The Balaban J connectivity index is 1.18. The van der Waals surface area contributed by atoms with Crippen LogP contribution < -0.4 is 5.56 Å². The lowest BCUT2D eigenvalue weighted by Gasteiger charge is -2.31. The molecule has 12 heteroatoms. The average Bonchev–Trinajstić information content (AvgIpc) is 3.52. The van der Waals surface area contributed by atoms with E-state index >= 15 is 0 Å². The van der Waals surface area contributed by atoms with Crippen LogP contribution in [-0.2, 0) is 16.2 Å². The second-order valence-corrected chi connectivity index (χ2v) is 11.6. The number of oxime groups is 1. The van der Waals surface area contributed by atoms with Gasteiger partial charge in [-0.1, -0.05) is 46.0 Å². The molecule has 0 N–H and O–H groups in total. The van der Waals surface area contributed by atoms with Crippen LogP contribution in [0.3, 0.4) is 0 Å². The predicted octanol–water partition coefficient (Wildman–Crippen LogP) is 6.30. The number of halogens is 4. The summed E-state index contributed by atoms with van der Waals surface area (Å²) in [7, 11) is 0. The summed E-state index contributed by atoms with van der Waals surface area (Å²) < 4.78 is 1.67. The molecule has 1 fully saturated rings. The Kier molecular flexibility index (Phi) is 7.74. The number of amides is 1. The summed E-state index contributed by atoms with van der Waals surface area (Å²) in [5, 5.41) is 8.77. The number of carbonyl (C=O) groups excluding carboxylic acids is 1. The standard InChI is InChI=1S/C24H20BrCl3N4O3S/c25-15-8-14(26)10-32(24(15)34)11-21(33)31-6-4-13(5-7-31)23-29-19(12-36-23)18-9-20(35-30-18)22-16(27)2-1-3-17(22)28/h1-3,8,10,12-13,20H,4-7,9,11H2. The van der Waals surface area contributed by atoms with Gasteiger partial charge in [-0.3, -0.25) is 9.59 Å². The maximum Gasteiger partial charge on any atom is 0.265 e. The van der Waals surface area contributed by atoms with Gasteiger partial charge in [-0.05, 0) is 47.0 Å². The monoisotopic (exact) mass is 628 g/mol. The van der Waals surface area contributed by atoms with Gasteiger partial charge in [0.25, 0.3) is 5.56 Å². The van der Waals surface area contributed by atoms with Crippen LogP contribution in [0, 0.1) is 0 Å². The Morgan fingerprint density at radius 2 is 1.92 bits per heavy atom. The number of rotatable bonds is 5. The van der Waals surface area contributed by atoms with E-state index in [0.29, 0.717) is 39.1 Å². The lowest BCUT2D eigenvalue weighted by Crippen LogP contribution is -2.41. The SMILES string of the molecule is O=C(Cn1cc(Cl)cc(Br)c1=O)N1CCC(c2nc(C3=NOC(c4c(Cl)cccc4Cl)C3)cs2)CC1. The molecule has 2 aromatic heterocycles. The largest absolute Gasteiger partial charge is 0.387 e. The van der Waals surface area contributed by atoms with E-state index in [0.717, 1.165) is 34.8 Å². The minimum atomic E-state index is -0.340. The number of piperidine rings is 1. The van der Waals surface area contributed by atoms with Crippen molar-refractivity contribution in [2.45, 2.75) is 37.8 Å². The van der Waals surface area contributed by atoms with Crippen LogP contribution in [0.25, 0.3) is 0 Å². The minimum Gasteiger partial charge on any atom is -0.387 e. The molecular formula is C24H20BrCl3N4O3S. The molecule has 36 heavy (non-hydrogen) atoms. The fourth-order valence-electron chi connectivity index (χ4n) is 4.41. The quantitative estimate of drug-likeness (QED) is 0.332. The van der Waals surface area contributed by atoms with Gasteiger partial charge < -0.3 is 14.3 Å². The van der Waals surface area contributed by atoms with Gasteiger partial charge in [0.15, 0.2) is 6.10 Å². The molecule has 2 aliphatic heterocycles. The first-order valence-electron chi connectivity index (χ1n) is 11.3. The van der Waals surface area contributed by atoms with Crippen LogP contribution >= 0.6 is 62.1 Å². The highest BCUT2D eigenvalue weighted by molar-refractivity contribution is 9.10. The van der Waals surface area contributed by atoms with Gasteiger partial charge in [0.2, 0.25) is 5.91 Å². The van der Waals surface area contributed by atoms with Crippen molar-refractivity contribution in [2.24, 2.45) is 5.16 Å². The van der Waals surface area contributed by atoms with Gasteiger partial charge in [-0.2, -0.15) is 0 Å². The number of hydrogen-bond acceptors (Lipinski definition) is 6. The molecule has 0 bridgehead atoms. The van der Waals surface area contributed by atoms with Crippen LogP contribution in [0.5, 0.6) is 0 Å². The molecule has 1 saturated heterocycles. The average molecular weight is 631 g/mol. The van der Waals surface area contributed by atoms with Gasteiger partial charge in [0.1, 0.15) is 12.3 Å². The number of aromatic nitrogens is 2. The number of hydrogen-bond donors (Lipinski definition) is 0. The summed E-state index contributed by atoms with van der Waals surface area (Å²) in [6, 6.07) is 6.89. The van der Waals surface area contributed by atoms with Crippen molar-refractivity contribution < 1.29 is 9.63 Å². The van der Waals surface area contributed by atoms with Crippen LogP contribution in [-0.4, -0.2) is 39.2 Å². The van der Waals surface area contributed by atoms with Crippen LogP contribution in [0.15, 0.2) is 50.3 Å². The van der Waals surface area contributed by atoms with E-state index in [1.54, 1.807) is 34.4 Å². The number of nitrogens with zero attached hydrogens (tertiary/aromatic N) is 4. The summed E-state index contributed by atoms with van der Waals surface area (Å²) >= 11 is 23.5. The van der Waals surface area contributed by atoms with E-state index in [1.165, 1.54) is 16.8 Å².